The molecule has 0 saturated carbocycles. The van der Waals surface area contributed by atoms with Crippen molar-refractivity contribution < 1.29 is 26.7 Å². The van der Waals surface area contributed by atoms with E-state index in [-0.39, 0.29) is 6.61 Å². The molecule has 18 heavy (non-hydrogen) atoms. The van der Waals surface area contributed by atoms with E-state index < -0.39 is 27.6 Å². The highest BCUT2D eigenvalue weighted by molar-refractivity contribution is 8.23. The van der Waals surface area contributed by atoms with Crippen molar-refractivity contribution >= 4 is 28.4 Å². The maximum Gasteiger partial charge on any atom is 0.464 e. The third kappa shape index (κ3) is 4.41. The van der Waals surface area contributed by atoms with Crippen molar-refractivity contribution in [3.63, 3.8) is 0 Å². The maximum absolute atomic E-state index is 12.6. The predicted octanol–water partition coefficient (Wildman–Crippen LogP) is 4.38. The molecule has 1 aromatic carbocycles. The van der Waals surface area contributed by atoms with Crippen LogP contribution >= 0.6 is 24.0 Å². The molecule has 100 valence electrons. The summed E-state index contributed by atoms with van der Waals surface area (Å²) in [5.41, 5.74) is 0.621. The van der Waals surface area contributed by atoms with Crippen LogP contribution in [0.4, 0.5) is 22.0 Å². The van der Waals surface area contributed by atoms with Crippen molar-refractivity contribution in [2.45, 2.75) is 18.0 Å². The minimum atomic E-state index is -5.65. The summed E-state index contributed by atoms with van der Waals surface area (Å²) < 4.78 is 64.6. The first-order valence-electron chi connectivity index (χ1n) is 4.56. The van der Waals surface area contributed by atoms with E-state index in [1.165, 1.54) is 0 Å². The van der Waals surface area contributed by atoms with Crippen LogP contribution in [0.2, 0.25) is 0 Å². The molecule has 0 aliphatic carbocycles. The average molecular weight is 302 g/mol. The molecule has 0 amide bonds. The van der Waals surface area contributed by atoms with E-state index in [0.717, 1.165) is 0 Å². The van der Waals surface area contributed by atoms with E-state index in [0.29, 0.717) is 5.56 Å². The number of halogens is 5. The third-order valence-corrected chi connectivity index (χ3v) is 2.88. The summed E-state index contributed by atoms with van der Waals surface area (Å²) in [4.78, 5) is 0. The largest absolute Gasteiger partial charge is 0.474 e. The lowest BCUT2D eigenvalue weighted by atomic mass is 10.2. The molecule has 0 aliphatic rings. The monoisotopic (exact) mass is 302 g/mol. The molecule has 0 fully saturated rings. The number of hydrogen-bond acceptors (Lipinski definition) is 3. The molecule has 0 N–H and O–H groups in total. The zero-order chi connectivity index (χ0) is 13.8. The Kier molecular flexibility index (Phi) is 4.92. The van der Waals surface area contributed by atoms with Gasteiger partial charge >= 0.3 is 11.4 Å². The van der Waals surface area contributed by atoms with E-state index in [9.17, 15) is 22.0 Å². The van der Waals surface area contributed by atoms with Gasteiger partial charge in [0.25, 0.3) is 0 Å². The van der Waals surface area contributed by atoms with E-state index in [1.807, 2.05) is 0 Å². The van der Waals surface area contributed by atoms with Crippen molar-refractivity contribution in [1.29, 1.82) is 0 Å². The summed E-state index contributed by atoms with van der Waals surface area (Å²) in [6.45, 7) is -0.152. The predicted molar refractivity (Wildman–Crippen MR) is 62.4 cm³/mol. The zero-order valence-electron chi connectivity index (χ0n) is 8.71. The smallest absolute Gasteiger partial charge is 0.464 e. The Hall–Kier alpha value is -0.890. The molecule has 0 saturated heterocycles. The SMILES string of the molecule is FC(F)(F)C(F)(F)SC(=S)OCc1ccccc1. The van der Waals surface area contributed by atoms with Crippen LogP contribution in [-0.4, -0.2) is 15.8 Å². The van der Waals surface area contributed by atoms with Crippen molar-refractivity contribution in [2.75, 3.05) is 0 Å². The fourth-order valence-electron chi connectivity index (χ4n) is 0.908. The Labute approximate surface area is 109 Å². The van der Waals surface area contributed by atoms with Gasteiger partial charge in [0, 0.05) is 11.8 Å². The summed E-state index contributed by atoms with van der Waals surface area (Å²) in [5, 5.41) is -4.94. The molecule has 1 rings (SSSR count). The summed E-state index contributed by atoms with van der Waals surface area (Å²) in [6.07, 6.45) is -5.65. The standard InChI is InChI=1S/C10H7F5OS2/c11-9(12,13)10(14,15)18-8(17)16-6-7-4-2-1-3-5-7/h1-5H,6H2. The first kappa shape index (κ1) is 15.2. The van der Waals surface area contributed by atoms with Gasteiger partial charge in [0.05, 0.1) is 0 Å². The molecule has 0 radical (unpaired) electrons. The molecule has 0 aromatic heterocycles. The van der Waals surface area contributed by atoms with Gasteiger partial charge in [0.2, 0.25) is 4.38 Å². The van der Waals surface area contributed by atoms with Crippen LogP contribution in [0, 0.1) is 0 Å². The number of benzene rings is 1. The molecule has 0 aliphatic heterocycles. The summed E-state index contributed by atoms with van der Waals surface area (Å²) in [7, 11) is 0. The molecule has 0 spiro atoms. The first-order valence-corrected chi connectivity index (χ1v) is 5.79. The Morgan fingerprint density at radius 2 is 1.67 bits per heavy atom. The molecule has 1 aromatic rings. The second-order valence-electron chi connectivity index (χ2n) is 3.14. The van der Waals surface area contributed by atoms with Crippen LogP contribution in [0.25, 0.3) is 0 Å². The molecular formula is C10H7F5OS2. The van der Waals surface area contributed by atoms with Crippen LogP contribution in [0.3, 0.4) is 0 Å². The highest BCUT2D eigenvalue weighted by atomic mass is 32.2. The van der Waals surface area contributed by atoms with Gasteiger partial charge < -0.3 is 4.74 Å². The van der Waals surface area contributed by atoms with Gasteiger partial charge in [-0.3, -0.25) is 0 Å². The molecule has 0 unspecified atom stereocenters. The topological polar surface area (TPSA) is 9.23 Å². The van der Waals surface area contributed by atoms with Crippen LogP contribution < -0.4 is 0 Å². The Balaban J connectivity index is 2.48. The normalized spacial score (nSPS) is 12.3. The van der Waals surface area contributed by atoms with Crippen molar-refractivity contribution in [3.05, 3.63) is 35.9 Å². The summed E-state index contributed by atoms with van der Waals surface area (Å²) >= 11 is 3.51. The molecule has 1 nitrogen and oxygen atoms in total. The lowest BCUT2D eigenvalue weighted by Gasteiger charge is -2.18. The maximum atomic E-state index is 12.6. The van der Waals surface area contributed by atoms with E-state index in [1.54, 1.807) is 30.3 Å². The Morgan fingerprint density at radius 1 is 1.11 bits per heavy atom. The first-order chi connectivity index (χ1) is 8.22. The zero-order valence-corrected chi connectivity index (χ0v) is 10.3. The second-order valence-corrected chi connectivity index (χ2v) is 4.86. The molecule has 0 atom stereocenters. The second kappa shape index (κ2) is 5.83. The summed E-state index contributed by atoms with van der Waals surface area (Å²) in [6, 6.07) is 8.36. The van der Waals surface area contributed by atoms with Gasteiger partial charge in [-0.25, -0.2) is 0 Å². The van der Waals surface area contributed by atoms with E-state index in [4.69, 9.17) is 0 Å². The van der Waals surface area contributed by atoms with Crippen LogP contribution in [0.5, 0.6) is 0 Å². The highest BCUT2D eigenvalue weighted by Gasteiger charge is 2.59. The quantitative estimate of drug-likeness (QED) is 0.606. The molecular weight excluding hydrogens is 295 g/mol. The van der Waals surface area contributed by atoms with Crippen LogP contribution in [-0.2, 0) is 11.3 Å². The average Bonchev–Trinajstić information content (AvgIpc) is 2.26. The lowest BCUT2D eigenvalue weighted by Crippen LogP contribution is -2.34. The summed E-state index contributed by atoms with van der Waals surface area (Å²) in [5.74, 6) is 0. The van der Waals surface area contributed by atoms with Gasteiger partial charge in [-0.2, -0.15) is 22.0 Å². The van der Waals surface area contributed by atoms with Crippen molar-refractivity contribution in [1.82, 2.24) is 0 Å². The van der Waals surface area contributed by atoms with Crippen molar-refractivity contribution in [2.24, 2.45) is 0 Å². The van der Waals surface area contributed by atoms with Crippen LogP contribution in [0.1, 0.15) is 5.56 Å². The van der Waals surface area contributed by atoms with Crippen molar-refractivity contribution in [3.8, 4) is 0 Å². The van der Waals surface area contributed by atoms with Gasteiger partial charge in [-0.05, 0) is 17.8 Å². The van der Waals surface area contributed by atoms with Crippen LogP contribution in [0.15, 0.2) is 30.3 Å². The molecule has 0 bridgehead atoms. The fourth-order valence-corrected chi connectivity index (χ4v) is 1.72. The highest BCUT2D eigenvalue weighted by Crippen LogP contribution is 2.44. The fraction of sp³-hybridized carbons (Fsp3) is 0.300. The van der Waals surface area contributed by atoms with Gasteiger partial charge in [0.1, 0.15) is 6.61 Å². The van der Waals surface area contributed by atoms with Gasteiger partial charge in [0.15, 0.2) is 0 Å². The third-order valence-electron chi connectivity index (χ3n) is 1.74. The number of thiocarbonyl (C=S) groups is 1. The van der Waals surface area contributed by atoms with E-state index in [2.05, 4.69) is 17.0 Å². The van der Waals surface area contributed by atoms with Gasteiger partial charge in [-0.15, -0.1) is 0 Å². The molecule has 0 heterocycles. The minimum Gasteiger partial charge on any atom is -0.474 e. The Morgan fingerprint density at radius 3 is 2.17 bits per heavy atom. The number of thioether (sulfide) groups is 1. The molecule has 8 heteroatoms. The van der Waals surface area contributed by atoms with E-state index >= 15 is 0 Å². The Bertz CT molecular complexity index is 404. The minimum absolute atomic E-state index is 0.152. The number of hydrogen-bond donors (Lipinski definition) is 0. The lowest BCUT2D eigenvalue weighted by molar-refractivity contribution is -0.237. The number of alkyl halides is 5. The number of rotatable bonds is 3. The van der Waals surface area contributed by atoms with Gasteiger partial charge in [-0.1, -0.05) is 30.3 Å². The number of ether oxygens (including phenoxy) is 1.